The number of carbonyl (C=O) groups is 1. The normalized spacial score (nSPS) is 12.6. The number of halogens is 4. The van der Waals surface area contributed by atoms with Crippen LogP contribution < -0.4 is 10.9 Å². The third-order valence-electron chi connectivity index (χ3n) is 3.84. The van der Waals surface area contributed by atoms with Gasteiger partial charge in [0.15, 0.2) is 5.82 Å². The zero-order chi connectivity index (χ0) is 20.5. The number of rotatable bonds is 4. The van der Waals surface area contributed by atoms with Crippen molar-refractivity contribution in [2.45, 2.75) is 19.1 Å². The van der Waals surface area contributed by atoms with Crippen LogP contribution in [0.2, 0.25) is 0 Å². The van der Waals surface area contributed by atoms with E-state index in [1.165, 1.54) is 29.9 Å². The number of nitrogens with one attached hydrogen (secondary N) is 1. The van der Waals surface area contributed by atoms with Crippen molar-refractivity contribution < 1.29 is 22.4 Å². The van der Waals surface area contributed by atoms with Crippen LogP contribution in [0.5, 0.6) is 0 Å². The first-order valence-electron chi connectivity index (χ1n) is 7.94. The van der Waals surface area contributed by atoms with Gasteiger partial charge in [-0.1, -0.05) is 0 Å². The van der Waals surface area contributed by atoms with Crippen molar-refractivity contribution in [1.82, 2.24) is 19.6 Å². The van der Waals surface area contributed by atoms with Gasteiger partial charge in [0.2, 0.25) is 5.91 Å². The highest BCUT2D eigenvalue weighted by atomic mass is 19.4. The van der Waals surface area contributed by atoms with Crippen LogP contribution in [0.15, 0.2) is 53.6 Å². The summed E-state index contributed by atoms with van der Waals surface area (Å²) in [7, 11) is 0. The van der Waals surface area contributed by atoms with Crippen molar-refractivity contribution in [2.75, 3.05) is 5.32 Å². The largest absolute Gasteiger partial charge is 0.419 e. The Bertz CT molecular complexity index is 1060. The Balaban J connectivity index is 1.86. The maximum atomic E-state index is 13.4. The molecule has 0 bridgehead atoms. The highest BCUT2D eigenvalue weighted by molar-refractivity contribution is 5.93. The van der Waals surface area contributed by atoms with Gasteiger partial charge in [0.1, 0.15) is 11.9 Å². The fraction of sp³-hybridized carbons (Fsp3) is 0.176. The minimum atomic E-state index is -4.91. The van der Waals surface area contributed by atoms with E-state index in [2.05, 4.69) is 15.5 Å². The van der Waals surface area contributed by atoms with E-state index in [1.54, 1.807) is 12.3 Å². The Labute approximate surface area is 155 Å². The standard InChI is InChI=1S/C17H13F4N5O2/c1-10(26-15(27)6-5-14(24-26)25-8-2-7-22-25)16(28)23-11-3-4-13(18)12(9-11)17(19,20)21/h2-10H,1H3,(H,23,28). The SMILES string of the molecule is CC(C(=O)Nc1ccc(F)c(C(F)(F)F)c1)n1nc(-n2cccn2)ccc1=O. The van der Waals surface area contributed by atoms with Crippen molar-refractivity contribution in [3.63, 3.8) is 0 Å². The molecule has 7 nitrogen and oxygen atoms in total. The molecule has 11 heteroatoms. The van der Waals surface area contributed by atoms with Gasteiger partial charge >= 0.3 is 6.18 Å². The second-order valence-corrected chi connectivity index (χ2v) is 5.78. The number of benzene rings is 1. The molecule has 0 aliphatic carbocycles. The zero-order valence-electron chi connectivity index (χ0n) is 14.3. The minimum absolute atomic E-state index is 0.262. The van der Waals surface area contributed by atoms with E-state index in [1.807, 2.05) is 0 Å². The van der Waals surface area contributed by atoms with Gasteiger partial charge in [-0.25, -0.2) is 13.8 Å². The summed E-state index contributed by atoms with van der Waals surface area (Å²) in [6, 6.07) is 5.16. The molecule has 1 aromatic carbocycles. The third-order valence-corrected chi connectivity index (χ3v) is 3.84. The number of amides is 1. The topological polar surface area (TPSA) is 81.8 Å². The molecule has 2 heterocycles. The highest BCUT2D eigenvalue weighted by Gasteiger charge is 2.34. The van der Waals surface area contributed by atoms with Gasteiger partial charge in [-0.15, -0.1) is 5.10 Å². The molecule has 0 fully saturated rings. The lowest BCUT2D eigenvalue weighted by Crippen LogP contribution is -2.33. The molecule has 1 amide bonds. The zero-order valence-corrected chi connectivity index (χ0v) is 14.3. The predicted octanol–water partition coefficient (Wildman–Crippen LogP) is 2.79. The Morgan fingerprint density at radius 1 is 1.21 bits per heavy atom. The molecule has 1 N–H and O–H groups in total. The predicted molar refractivity (Wildman–Crippen MR) is 90.4 cm³/mol. The Kier molecular flexibility index (Phi) is 4.99. The minimum Gasteiger partial charge on any atom is -0.324 e. The Morgan fingerprint density at radius 2 is 1.96 bits per heavy atom. The summed E-state index contributed by atoms with van der Waals surface area (Å²) in [6.45, 7) is 1.35. The fourth-order valence-corrected chi connectivity index (χ4v) is 2.40. The molecule has 28 heavy (non-hydrogen) atoms. The van der Waals surface area contributed by atoms with Crippen molar-refractivity contribution in [1.29, 1.82) is 0 Å². The van der Waals surface area contributed by atoms with Crippen molar-refractivity contribution in [2.24, 2.45) is 0 Å². The smallest absolute Gasteiger partial charge is 0.324 e. The fourth-order valence-electron chi connectivity index (χ4n) is 2.40. The lowest BCUT2D eigenvalue weighted by molar-refractivity contribution is -0.140. The number of hydrogen-bond donors (Lipinski definition) is 1. The molecular weight excluding hydrogens is 382 g/mol. The second kappa shape index (κ2) is 7.25. The summed E-state index contributed by atoms with van der Waals surface area (Å²) >= 11 is 0. The summed E-state index contributed by atoms with van der Waals surface area (Å²) < 4.78 is 54.0. The Hall–Kier alpha value is -3.50. The van der Waals surface area contributed by atoms with Crippen LogP contribution in [0.1, 0.15) is 18.5 Å². The molecule has 2 aromatic heterocycles. The van der Waals surface area contributed by atoms with Crippen LogP contribution in [-0.2, 0) is 11.0 Å². The average Bonchev–Trinajstić information content (AvgIpc) is 3.17. The number of alkyl halides is 3. The van der Waals surface area contributed by atoms with E-state index >= 15 is 0 Å². The summed E-state index contributed by atoms with van der Waals surface area (Å²) in [6.07, 6.45) is -1.83. The van der Waals surface area contributed by atoms with Gasteiger partial charge in [0, 0.05) is 24.1 Å². The first-order valence-corrected chi connectivity index (χ1v) is 7.94. The van der Waals surface area contributed by atoms with Crippen LogP contribution >= 0.6 is 0 Å². The van der Waals surface area contributed by atoms with Gasteiger partial charge in [-0.2, -0.15) is 18.3 Å². The molecule has 1 atom stereocenters. The first-order chi connectivity index (χ1) is 13.2. The average molecular weight is 395 g/mol. The van der Waals surface area contributed by atoms with Crippen molar-refractivity contribution in [3.05, 3.63) is 70.5 Å². The maximum absolute atomic E-state index is 13.4. The summed E-state index contributed by atoms with van der Waals surface area (Å²) in [4.78, 5) is 24.5. The number of carbonyl (C=O) groups excluding carboxylic acids is 1. The van der Waals surface area contributed by atoms with E-state index in [-0.39, 0.29) is 11.5 Å². The molecule has 0 saturated carbocycles. The van der Waals surface area contributed by atoms with Crippen molar-refractivity contribution >= 4 is 11.6 Å². The van der Waals surface area contributed by atoms with Crippen LogP contribution in [0.25, 0.3) is 5.82 Å². The van der Waals surface area contributed by atoms with Crippen LogP contribution in [-0.4, -0.2) is 25.5 Å². The lowest BCUT2D eigenvalue weighted by atomic mass is 10.1. The molecular formula is C17H13F4N5O2. The number of nitrogens with zero attached hydrogens (tertiary/aromatic N) is 4. The van der Waals surface area contributed by atoms with E-state index in [0.717, 1.165) is 10.7 Å². The lowest BCUT2D eigenvalue weighted by Gasteiger charge is -2.16. The molecule has 3 aromatic rings. The molecule has 146 valence electrons. The van der Waals surface area contributed by atoms with Gasteiger partial charge in [-0.3, -0.25) is 9.59 Å². The van der Waals surface area contributed by atoms with Crippen LogP contribution in [0.4, 0.5) is 23.2 Å². The van der Waals surface area contributed by atoms with Gasteiger partial charge in [0.25, 0.3) is 5.56 Å². The maximum Gasteiger partial charge on any atom is 0.419 e. The molecule has 0 saturated heterocycles. The highest BCUT2D eigenvalue weighted by Crippen LogP contribution is 2.33. The Morgan fingerprint density at radius 3 is 2.61 bits per heavy atom. The van der Waals surface area contributed by atoms with Crippen LogP contribution in [0, 0.1) is 5.82 Å². The molecule has 0 aliphatic heterocycles. The monoisotopic (exact) mass is 395 g/mol. The summed E-state index contributed by atoms with van der Waals surface area (Å²) in [5.74, 6) is -1.99. The molecule has 0 radical (unpaired) electrons. The number of hydrogen-bond acceptors (Lipinski definition) is 4. The van der Waals surface area contributed by atoms with Gasteiger partial charge < -0.3 is 5.32 Å². The van der Waals surface area contributed by atoms with Crippen molar-refractivity contribution in [3.8, 4) is 5.82 Å². The van der Waals surface area contributed by atoms with Gasteiger partial charge in [0.05, 0.1) is 5.56 Å². The number of aromatic nitrogens is 4. The summed E-state index contributed by atoms with van der Waals surface area (Å²) in [5, 5.41) is 10.3. The van der Waals surface area contributed by atoms with Crippen LogP contribution in [0.3, 0.4) is 0 Å². The quantitative estimate of drug-likeness (QED) is 0.689. The van der Waals surface area contributed by atoms with E-state index in [9.17, 15) is 27.2 Å². The molecule has 0 aliphatic rings. The first kappa shape index (κ1) is 19.3. The van der Waals surface area contributed by atoms with E-state index in [4.69, 9.17) is 0 Å². The van der Waals surface area contributed by atoms with E-state index < -0.39 is 35.1 Å². The third kappa shape index (κ3) is 3.92. The second-order valence-electron chi connectivity index (χ2n) is 5.78. The van der Waals surface area contributed by atoms with E-state index in [0.29, 0.717) is 12.1 Å². The summed E-state index contributed by atoms with van der Waals surface area (Å²) in [5.41, 5.74) is -2.36. The molecule has 0 spiro atoms. The van der Waals surface area contributed by atoms with Gasteiger partial charge in [-0.05, 0) is 37.3 Å². The molecule has 3 rings (SSSR count). The number of anilines is 1. The molecule has 1 unspecified atom stereocenters.